The number of nitrogens with zero attached hydrogens (tertiary/aromatic N) is 3. The Balaban J connectivity index is 1.72. The van der Waals surface area contributed by atoms with Crippen molar-refractivity contribution < 1.29 is 4.79 Å². The molecular weight excluding hydrogens is 252 g/mol. The van der Waals surface area contributed by atoms with Gasteiger partial charge in [-0.2, -0.15) is 5.10 Å². The second-order valence-corrected chi connectivity index (χ2v) is 6.21. The maximum Gasteiger partial charge on any atom is 0.257 e. The molecule has 0 aromatic carbocycles. The van der Waals surface area contributed by atoms with Crippen LogP contribution in [-0.2, 0) is 7.05 Å². The molecule has 1 aliphatic heterocycles. The molecule has 0 bridgehead atoms. The Bertz CT molecular complexity index is 486. The van der Waals surface area contributed by atoms with Crippen LogP contribution < -0.4 is 5.32 Å². The van der Waals surface area contributed by atoms with E-state index in [1.807, 2.05) is 18.9 Å². The van der Waals surface area contributed by atoms with Crippen molar-refractivity contribution in [1.82, 2.24) is 20.0 Å². The fourth-order valence-corrected chi connectivity index (χ4v) is 2.91. The van der Waals surface area contributed by atoms with Crippen LogP contribution in [0.2, 0.25) is 0 Å². The molecule has 5 nitrogen and oxygen atoms in total. The molecule has 0 radical (unpaired) electrons. The summed E-state index contributed by atoms with van der Waals surface area (Å²) in [5.74, 6) is 0.869. The molecule has 2 heterocycles. The molecule has 0 spiro atoms. The molecule has 1 aromatic heterocycles. The van der Waals surface area contributed by atoms with Crippen LogP contribution in [0.3, 0.4) is 0 Å². The van der Waals surface area contributed by atoms with Crippen LogP contribution >= 0.6 is 0 Å². The Morgan fingerprint density at radius 3 is 2.80 bits per heavy atom. The van der Waals surface area contributed by atoms with Crippen LogP contribution in [0, 0.1) is 12.8 Å². The fourth-order valence-electron chi connectivity index (χ4n) is 2.91. The van der Waals surface area contributed by atoms with Gasteiger partial charge in [0.2, 0.25) is 0 Å². The van der Waals surface area contributed by atoms with E-state index in [9.17, 15) is 4.79 Å². The van der Waals surface area contributed by atoms with Crippen LogP contribution in [-0.4, -0.2) is 46.3 Å². The van der Waals surface area contributed by atoms with Crippen LogP contribution in [0.4, 0.5) is 0 Å². The minimum absolute atomic E-state index is 0.149. The Labute approximate surface area is 120 Å². The maximum atomic E-state index is 12.8. The molecule has 110 valence electrons. The quantitative estimate of drug-likeness (QED) is 0.883. The van der Waals surface area contributed by atoms with Gasteiger partial charge in [0.25, 0.3) is 5.91 Å². The maximum absolute atomic E-state index is 12.8. The first kappa shape index (κ1) is 13.6. The third-order valence-corrected chi connectivity index (χ3v) is 4.53. The zero-order valence-electron chi connectivity index (χ0n) is 12.4. The van der Waals surface area contributed by atoms with Crippen molar-refractivity contribution in [3.63, 3.8) is 0 Å². The summed E-state index contributed by atoms with van der Waals surface area (Å²) in [7, 11) is 1.88. The summed E-state index contributed by atoms with van der Waals surface area (Å²) in [6, 6.07) is 0.467. The molecular formula is C15H24N4O. The van der Waals surface area contributed by atoms with Gasteiger partial charge in [0.15, 0.2) is 0 Å². The number of hydrogen-bond donors (Lipinski definition) is 1. The minimum atomic E-state index is 0.149. The van der Waals surface area contributed by atoms with E-state index >= 15 is 0 Å². The van der Waals surface area contributed by atoms with Crippen molar-refractivity contribution in [1.29, 1.82) is 0 Å². The summed E-state index contributed by atoms with van der Waals surface area (Å²) in [5, 5.41) is 7.69. The molecule has 1 saturated carbocycles. The van der Waals surface area contributed by atoms with E-state index in [1.54, 1.807) is 10.9 Å². The van der Waals surface area contributed by atoms with Crippen LogP contribution in [0.5, 0.6) is 0 Å². The van der Waals surface area contributed by atoms with Gasteiger partial charge < -0.3 is 10.2 Å². The highest BCUT2D eigenvalue weighted by Gasteiger charge is 2.30. The van der Waals surface area contributed by atoms with E-state index in [0.29, 0.717) is 6.04 Å². The average molecular weight is 276 g/mol. The Morgan fingerprint density at radius 2 is 2.25 bits per heavy atom. The summed E-state index contributed by atoms with van der Waals surface area (Å²) < 4.78 is 1.77. The summed E-state index contributed by atoms with van der Waals surface area (Å²) in [6.07, 6.45) is 6.66. The minimum Gasteiger partial charge on any atom is -0.337 e. The Kier molecular flexibility index (Phi) is 3.78. The summed E-state index contributed by atoms with van der Waals surface area (Å²) >= 11 is 0. The van der Waals surface area contributed by atoms with E-state index in [4.69, 9.17) is 0 Å². The second kappa shape index (κ2) is 5.56. The van der Waals surface area contributed by atoms with E-state index < -0.39 is 0 Å². The van der Waals surface area contributed by atoms with Crippen molar-refractivity contribution in [2.45, 2.75) is 38.6 Å². The highest BCUT2D eigenvalue weighted by atomic mass is 16.2. The summed E-state index contributed by atoms with van der Waals surface area (Å²) in [4.78, 5) is 14.8. The topological polar surface area (TPSA) is 50.2 Å². The highest BCUT2D eigenvalue weighted by Crippen LogP contribution is 2.30. The molecule has 1 atom stereocenters. The SMILES string of the molecule is Cc1c(C(=O)N(CC2CC2)CC2CCCN2)cnn1C. The van der Waals surface area contributed by atoms with Gasteiger partial charge in [-0.05, 0) is 45.1 Å². The molecule has 2 aliphatic rings. The molecule has 20 heavy (non-hydrogen) atoms. The van der Waals surface area contributed by atoms with Crippen LogP contribution in [0.1, 0.15) is 41.7 Å². The smallest absolute Gasteiger partial charge is 0.257 e. The molecule has 1 aliphatic carbocycles. The van der Waals surface area contributed by atoms with E-state index in [-0.39, 0.29) is 5.91 Å². The molecule has 1 saturated heterocycles. The van der Waals surface area contributed by atoms with Gasteiger partial charge in [-0.3, -0.25) is 9.48 Å². The van der Waals surface area contributed by atoms with E-state index in [1.165, 1.54) is 25.7 Å². The van der Waals surface area contributed by atoms with Gasteiger partial charge in [-0.1, -0.05) is 0 Å². The van der Waals surface area contributed by atoms with Crippen LogP contribution in [0.25, 0.3) is 0 Å². The first-order valence-electron chi connectivity index (χ1n) is 7.66. The zero-order chi connectivity index (χ0) is 14.1. The summed E-state index contributed by atoms with van der Waals surface area (Å²) in [5.41, 5.74) is 1.71. The first-order chi connectivity index (χ1) is 9.65. The van der Waals surface area contributed by atoms with E-state index in [2.05, 4.69) is 10.4 Å². The number of rotatable bonds is 5. The van der Waals surface area contributed by atoms with Gasteiger partial charge in [-0.15, -0.1) is 0 Å². The van der Waals surface area contributed by atoms with Gasteiger partial charge in [0.05, 0.1) is 11.8 Å². The number of nitrogens with one attached hydrogen (secondary N) is 1. The highest BCUT2D eigenvalue weighted by molar-refractivity contribution is 5.95. The normalized spacial score (nSPS) is 22.2. The van der Waals surface area contributed by atoms with E-state index in [0.717, 1.165) is 36.8 Å². The predicted octanol–water partition coefficient (Wildman–Crippen LogP) is 1.33. The lowest BCUT2D eigenvalue weighted by Gasteiger charge is -2.26. The molecule has 5 heteroatoms. The molecule has 1 N–H and O–H groups in total. The molecule has 1 amide bonds. The van der Waals surface area contributed by atoms with Gasteiger partial charge in [0.1, 0.15) is 0 Å². The van der Waals surface area contributed by atoms with Gasteiger partial charge in [-0.25, -0.2) is 0 Å². The number of carbonyl (C=O) groups excluding carboxylic acids is 1. The zero-order valence-corrected chi connectivity index (χ0v) is 12.4. The number of aromatic nitrogens is 2. The standard InChI is InChI=1S/C15H24N4O/c1-11-14(8-17-18(11)2)15(20)19(9-12-5-6-12)10-13-4-3-7-16-13/h8,12-13,16H,3-7,9-10H2,1-2H3. The number of aryl methyl sites for hydroxylation is 1. The number of hydrogen-bond acceptors (Lipinski definition) is 3. The number of amides is 1. The third-order valence-electron chi connectivity index (χ3n) is 4.53. The van der Waals surface area contributed by atoms with Crippen molar-refractivity contribution >= 4 is 5.91 Å². The van der Waals surface area contributed by atoms with Gasteiger partial charge >= 0.3 is 0 Å². The predicted molar refractivity (Wildman–Crippen MR) is 77.6 cm³/mol. The lowest BCUT2D eigenvalue weighted by atomic mass is 10.1. The number of carbonyl (C=O) groups is 1. The van der Waals surface area contributed by atoms with Crippen LogP contribution in [0.15, 0.2) is 6.20 Å². The summed E-state index contributed by atoms with van der Waals surface area (Å²) in [6.45, 7) is 4.79. The lowest BCUT2D eigenvalue weighted by molar-refractivity contribution is 0.0732. The molecule has 2 fully saturated rings. The molecule has 1 aromatic rings. The van der Waals surface area contributed by atoms with Crippen molar-refractivity contribution in [2.75, 3.05) is 19.6 Å². The first-order valence-corrected chi connectivity index (χ1v) is 7.66. The third kappa shape index (κ3) is 2.87. The second-order valence-electron chi connectivity index (χ2n) is 6.21. The monoisotopic (exact) mass is 276 g/mol. The fraction of sp³-hybridized carbons (Fsp3) is 0.733. The Morgan fingerprint density at radius 1 is 1.45 bits per heavy atom. The van der Waals surface area contributed by atoms with Crippen molar-refractivity contribution in [2.24, 2.45) is 13.0 Å². The van der Waals surface area contributed by atoms with Gasteiger partial charge in [0, 0.05) is 31.9 Å². The largest absolute Gasteiger partial charge is 0.337 e. The Hall–Kier alpha value is -1.36. The lowest BCUT2D eigenvalue weighted by Crippen LogP contribution is -2.42. The molecule has 1 unspecified atom stereocenters. The van der Waals surface area contributed by atoms with Crippen molar-refractivity contribution in [3.05, 3.63) is 17.5 Å². The average Bonchev–Trinajstić information content (AvgIpc) is 2.98. The van der Waals surface area contributed by atoms with Crippen molar-refractivity contribution in [3.8, 4) is 0 Å². The molecule has 3 rings (SSSR count).